The molecule has 3 aromatic rings. The van der Waals surface area contributed by atoms with E-state index in [2.05, 4.69) is 10.4 Å². The maximum absolute atomic E-state index is 12.7. The molecule has 1 amide bonds. The van der Waals surface area contributed by atoms with Crippen molar-refractivity contribution in [2.75, 3.05) is 5.32 Å². The van der Waals surface area contributed by atoms with Gasteiger partial charge in [-0.1, -0.05) is 36.4 Å². The molecule has 1 heterocycles. The molecule has 0 saturated carbocycles. The lowest BCUT2D eigenvalue weighted by Crippen LogP contribution is -2.13. The van der Waals surface area contributed by atoms with E-state index in [-0.39, 0.29) is 5.56 Å². The third-order valence-electron chi connectivity index (χ3n) is 3.82. The van der Waals surface area contributed by atoms with Crippen LogP contribution in [0.4, 0.5) is 18.9 Å². The summed E-state index contributed by atoms with van der Waals surface area (Å²) in [5, 5.41) is 6.72. The van der Waals surface area contributed by atoms with E-state index in [0.29, 0.717) is 12.2 Å². The maximum Gasteiger partial charge on any atom is 0.416 e. The molecule has 0 unspecified atom stereocenters. The Morgan fingerprint density at radius 3 is 2.58 bits per heavy atom. The minimum absolute atomic E-state index is 0.0585. The average molecular weight is 359 g/mol. The Kier molecular flexibility index (Phi) is 5.06. The Morgan fingerprint density at radius 1 is 1.08 bits per heavy atom. The smallest absolute Gasteiger partial charge is 0.319 e. The summed E-state index contributed by atoms with van der Waals surface area (Å²) in [6, 6.07) is 14.2. The van der Waals surface area contributed by atoms with Gasteiger partial charge in [-0.05, 0) is 30.2 Å². The zero-order valence-corrected chi connectivity index (χ0v) is 13.7. The summed E-state index contributed by atoms with van der Waals surface area (Å²) < 4.78 is 39.9. The SMILES string of the molecule is O=C(Nc1cnn(CCc2ccccc2)c1)c1cccc(C(F)(F)F)c1. The number of hydrogen-bond acceptors (Lipinski definition) is 2. The number of benzene rings is 2. The molecule has 0 aliphatic heterocycles. The quantitative estimate of drug-likeness (QED) is 0.734. The molecular weight excluding hydrogens is 343 g/mol. The Hall–Kier alpha value is -3.09. The van der Waals surface area contributed by atoms with Crippen molar-refractivity contribution in [3.05, 3.63) is 83.7 Å². The maximum atomic E-state index is 12.7. The highest BCUT2D eigenvalue weighted by Gasteiger charge is 2.30. The van der Waals surface area contributed by atoms with Gasteiger partial charge >= 0.3 is 6.18 Å². The number of aryl methyl sites for hydroxylation is 2. The number of aromatic nitrogens is 2. The molecule has 0 bridgehead atoms. The number of anilines is 1. The van der Waals surface area contributed by atoms with Crippen molar-refractivity contribution in [2.24, 2.45) is 0 Å². The number of amides is 1. The number of nitrogens with one attached hydrogen (secondary N) is 1. The van der Waals surface area contributed by atoms with E-state index in [1.165, 1.54) is 18.3 Å². The molecule has 7 heteroatoms. The molecule has 0 aliphatic rings. The fourth-order valence-corrected chi connectivity index (χ4v) is 2.48. The number of carbonyl (C=O) groups excluding carboxylic acids is 1. The zero-order valence-electron chi connectivity index (χ0n) is 13.7. The number of carbonyl (C=O) groups is 1. The first-order valence-corrected chi connectivity index (χ1v) is 7.97. The van der Waals surface area contributed by atoms with Crippen molar-refractivity contribution in [3.8, 4) is 0 Å². The minimum Gasteiger partial charge on any atom is -0.319 e. The van der Waals surface area contributed by atoms with Crippen molar-refractivity contribution in [1.82, 2.24) is 9.78 Å². The van der Waals surface area contributed by atoms with E-state index in [0.717, 1.165) is 24.1 Å². The Morgan fingerprint density at radius 2 is 1.85 bits per heavy atom. The topological polar surface area (TPSA) is 46.9 Å². The fraction of sp³-hybridized carbons (Fsp3) is 0.158. The molecule has 3 rings (SSSR count). The van der Waals surface area contributed by atoms with Crippen LogP contribution in [0, 0.1) is 0 Å². The predicted octanol–water partition coefficient (Wildman–Crippen LogP) is 4.40. The number of rotatable bonds is 5. The Balaban J connectivity index is 1.63. The summed E-state index contributed by atoms with van der Waals surface area (Å²) >= 11 is 0. The van der Waals surface area contributed by atoms with Crippen LogP contribution in [0.3, 0.4) is 0 Å². The zero-order chi connectivity index (χ0) is 18.6. The van der Waals surface area contributed by atoms with Gasteiger partial charge in [-0.2, -0.15) is 18.3 Å². The first kappa shape index (κ1) is 17.7. The van der Waals surface area contributed by atoms with Crippen LogP contribution in [-0.2, 0) is 19.1 Å². The van der Waals surface area contributed by atoms with Crippen LogP contribution in [0.5, 0.6) is 0 Å². The largest absolute Gasteiger partial charge is 0.416 e. The second kappa shape index (κ2) is 7.43. The van der Waals surface area contributed by atoms with Gasteiger partial charge in [0.25, 0.3) is 5.91 Å². The standard InChI is InChI=1S/C19H16F3N3O/c20-19(21,22)16-8-4-7-15(11-16)18(26)24-17-12-23-25(13-17)10-9-14-5-2-1-3-6-14/h1-8,11-13H,9-10H2,(H,24,26). The normalized spacial score (nSPS) is 11.3. The molecule has 0 radical (unpaired) electrons. The van der Waals surface area contributed by atoms with E-state index in [9.17, 15) is 18.0 Å². The molecule has 0 atom stereocenters. The van der Waals surface area contributed by atoms with Crippen LogP contribution in [0.1, 0.15) is 21.5 Å². The lowest BCUT2D eigenvalue weighted by Gasteiger charge is -2.08. The predicted molar refractivity (Wildman–Crippen MR) is 91.8 cm³/mol. The second-order valence-corrected chi connectivity index (χ2v) is 5.76. The Bertz CT molecular complexity index is 888. The minimum atomic E-state index is -4.49. The van der Waals surface area contributed by atoms with Gasteiger partial charge in [-0.25, -0.2) is 0 Å². The van der Waals surface area contributed by atoms with Crippen molar-refractivity contribution in [1.29, 1.82) is 0 Å². The van der Waals surface area contributed by atoms with Crippen molar-refractivity contribution >= 4 is 11.6 Å². The third-order valence-corrected chi connectivity index (χ3v) is 3.82. The number of alkyl halides is 3. The van der Waals surface area contributed by atoms with Crippen LogP contribution in [0.2, 0.25) is 0 Å². The highest BCUT2D eigenvalue weighted by molar-refractivity contribution is 6.04. The van der Waals surface area contributed by atoms with Gasteiger partial charge in [0, 0.05) is 18.3 Å². The van der Waals surface area contributed by atoms with Gasteiger partial charge in [0.2, 0.25) is 0 Å². The summed E-state index contributed by atoms with van der Waals surface area (Å²) in [4.78, 5) is 12.2. The first-order valence-electron chi connectivity index (χ1n) is 7.97. The second-order valence-electron chi connectivity index (χ2n) is 5.76. The highest BCUT2D eigenvalue weighted by atomic mass is 19.4. The summed E-state index contributed by atoms with van der Waals surface area (Å²) in [7, 11) is 0. The molecule has 4 nitrogen and oxygen atoms in total. The van der Waals surface area contributed by atoms with Gasteiger partial charge in [-0.15, -0.1) is 0 Å². The van der Waals surface area contributed by atoms with Gasteiger partial charge in [-0.3, -0.25) is 9.48 Å². The molecule has 1 aromatic heterocycles. The lowest BCUT2D eigenvalue weighted by molar-refractivity contribution is -0.137. The van der Waals surface area contributed by atoms with Crippen LogP contribution < -0.4 is 5.32 Å². The van der Waals surface area contributed by atoms with Gasteiger partial charge in [0.1, 0.15) is 0 Å². The highest BCUT2D eigenvalue weighted by Crippen LogP contribution is 2.29. The van der Waals surface area contributed by atoms with Crippen molar-refractivity contribution < 1.29 is 18.0 Å². The molecule has 0 fully saturated rings. The van der Waals surface area contributed by atoms with Crippen molar-refractivity contribution in [2.45, 2.75) is 19.1 Å². The molecule has 2 aromatic carbocycles. The van der Waals surface area contributed by atoms with Gasteiger partial charge in [0.05, 0.1) is 17.4 Å². The molecule has 1 N–H and O–H groups in total. The van der Waals surface area contributed by atoms with E-state index in [4.69, 9.17) is 0 Å². The lowest BCUT2D eigenvalue weighted by atomic mass is 10.1. The van der Waals surface area contributed by atoms with E-state index >= 15 is 0 Å². The summed E-state index contributed by atoms with van der Waals surface area (Å²) in [5.74, 6) is -0.612. The van der Waals surface area contributed by atoms with E-state index in [1.807, 2.05) is 30.3 Å². The summed E-state index contributed by atoms with van der Waals surface area (Å²) in [6.07, 6.45) is -0.590. The fourth-order valence-electron chi connectivity index (χ4n) is 2.48. The van der Waals surface area contributed by atoms with Gasteiger partial charge < -0.3 is 5.32 Å². The summed E-state index contributed by atoms with van der Waals surface area (Å²) in [6.45, 7) is 0.628. The molecule has 134 valence electrons. The van der Waals surface area contributed by atoms with Crippen LogP contribution in [0.15, 0.2) is 67.0 Å². The van der Waals surface area contributed by atoms with Crippen LogP contribution >= 0.6 is 0 Å². The van der Waals surface area contributed by atoms with E-state index in [1.54, 1.807) is 10.9 Å². The van der Waals surface area contributed by atoms with Crippen molar-refractivity contribution in [3.63, 3.8) is 0 Å². The number of nitrogens with zero attached hydrogens (tertiary/aromatic N) is 2. The van der Waals surface area contributed by atoms with Gasteiger partial charge in [0.15, 0.2) is 0 Å². The average Bonchev–Trinajstić information content (AvgIpc) is 3.07. The van der Waals surface area contributed by atoms with E-state index < -0.39 is 17.6 Å². The molecule has 26 heavy (non-hydrogen) atoms. The number of halogens is 3. The van der Waals surface area contributed by atoms with Crippen LogP contribution in [-0.4, -0.2) is 15.7 Å². The molecular formula is C19H16F3N3O. The first-order chi connectivity index (χ1) is 12.4. The molecule has 0 spiro atoms. The van der Waals surface area contributed by atoms with Crippen LogP contribution in [0.25, 0.3) is 0 Å². The molecule has 0 aliphatic carbocycles. The summed E-state index contributed by atoms with van der Waals surface area (Å²) in [5.41, 5.74) is 0.679. The number of hydrogen-bond donors (Lipinski definition) is 1. The monoisotopic (exact) mass is 359 g/mol. The Labute approximate surface area is 148 Å². The molecule has 0 saturated heterocycles. The third kappa shape index (κ3) is 4.50.